The lowest BCUT2D eigenvalue weighted by atomic mass is 10.5. The molecule has 10 heavy (non-hydrogen) atoms. The van der Waals surface area contributed by atoms with E-state index in [9.17, 15) is 4.79 Å². The summed E-state index contributed by atoms with van der Waals surface area (Å²) in [5.41, 5.74) is 0. The summed E-state index contributed by atoms with van der Waals surface area (Å²) in [6.07, 6.45) is -1.70. The van der Waals surface area contributed by atoms with E-state index in [4.69, 9.17) is 10.2 Å². The first kappa shape index (κ1) is 9.19. The van der Waals surface area contributed by atoms with E-state index in [0.717, 1.165) is 0 Å². The smallest absolute Gasteiger partial charge is 0.431 e. The predicted molar refractivity (Wildman–Crippen MR) is 31.2 cm³/mol. The molecule has 0 saturated heterocycles. The van der Waals surface area contributed by atoms with Gasteiger partial charge in [-0.25, -0.2) is 4.79 Å². The van der Waals surface area contributed by atoms with Gasteiger partial charge in [0, 0.05) is 0 Å². The molecule has 0 heterocycles. The largest absolute Gasteiger partial charge is 0.510 e. The van der Waals surface area contributed by atoms with Crippen LogP contribution in [0, 0.1) is 0 Å². The Bertz CT molecular complexity index is 100. The second-order valence-corrected chi connectivity index (χ2v) is 1.68. The van der Waals surface area contributed by atoms with Crippen LogP contribution in [0.5, 0.6) is 0 Å². The van der Waals surface area contributed by atoms with Crippen molar-refractivity contribution >= 4 is 6.16 Å². The topological polar surface area (TPSA) is 76.0 Å². The Morgan fingerprint density at radius 2 is 2.20 bits per heavy atom. The highest BCUT2D eigenvalue weighted by Gasteiger charge is 2.03. The fourth-order valence-corrected chi connectivity index (χ4v) is 0.283. The highest BCUT2D eigenvalue weighted by molar-refractivity contribution is 5.59. The van der Waals surface area contributed by atoms with Crippen molar-refractivity contribution in [1.82, 2.24) is 0 Å². The van der Waals surface area contributed by atoms with E-state index in [2.05, 4.69) is 9.47 Å². The molecule has 0 aromatic heterocycles. The van der Waals surface area contributed by atoms with Gasteiger partial charge in [-0.2, -0.15) is 0 Å². The van der Waals surface area contributed by atoms with Gasteiger partial charge in [-0.3, -0.25) is 0 Å². The Kier molecular flexibility index (Phi) is 4.61. The Morgan fingerprint density at radius 1 is 1.60 bits per heavy atom. The Morgan fingerprint density at radius 3 is 2.60 bits per heavy atom. The molecule has 0 amide bonds. The zero-order chi connectivity index (χ0) is 7.98. The SMILES string of the molecule is CC(O)COC(=O)OCO. The van der Waals surface area contributed by atoms with E-state index in [1.807, 2.05) is 0 Å². The second kappa shape index (κ2) is 5.01. The molecule has 1 unspecified atom stereocenters. The number of carbonyl (C=O) groups excluding carboxylic acids is 1. The molecule has 5 heteroatoms. The molecule has 0 aromatic rings. The van der Waals surface area contributed by atoms with Crippen LogP contribution in [0.25, 0.3) is 0 Å². The summed E-state index contributed by atoms with van der Waals surface area (Å²) in [6, 6.07) is 0. The third-order valence-corrected chi connectivity index (χ3v) is 0.625. The van der Waals surface area contributed by atoms with Crippen LogP contribution in [0.4, 0.5) is 4.79 Å². The summed E-state index contributed by atoms with van der Waals surface area (Å²) in [7, 11) is 0. The van der Waals surface area contributed by atoms with Gasteiger partial charge >= 0.3 is 6.16 Å². The summed E-state index contributed by atoms with van der Waals surface area (Å²) < 4.78 is 8.25. The molecule has 0 bridgehead atoms. The number of aliphatic hydroxyl groups excluding tert-OH is 2. The number of ether oxygens (including phenoxy) is 2. The summed E-state index contributed by atoms with van der Waals surface area (Å²) in [5, 5.41) is 16.6. The van der Waals surface area contributed by atoms with Crippen LogP contribution in [-0.2, 0) is 9.47 Å². The van der Waals surface area contributed by atoms with Crippen LogP contribution >= 0.6 is 0 Å². The van der Waals surface area contributed by atoms with E-state index >= 15 is 0 Å². The second-order valence-electron chi connectivity index (χ2n) is 1.68. The van der Waals surface area contributed by atoms with Crippen molar-refractivity contribution in [3.8, 4) is 0 Å². The Hall–Kier alpha value is -0.810. The summed E-state index contributed by atoms with van der Waals surface area (Å²) >= 11 is 0. The van der Waals surface area contributed by atoms with Gasteiger partial charge in [0.15, 0.2) is 6.79 Å². The lowest BCUT2D eigenvalue weighted by molar-refractivity contribution is -0.0196. The highest BCUT2D eigenvalue weighted by Crippen LogP contribution is 1.86. The third-order valence-electron chi connectivity index (χ3n) is 0.625. The van der Waals surface area contributed by atoms with Crippen molar-refractivity contribution in [1.29, 1.82) is 0 Å². The number of hydrogen-bond acceptors (Lipinski definition) is 5. The number of aliphatic hydroxyl groups is 2. The summed E-state index contributed by atoms with van der Waals surface area (Å²) in [4.78, 5) is 10.2. The Balaban J connectivity index is 3.22. The van der Waals surface area contributed by atoms with Crippen LogP contribution in [0.2, 0.25) is 0 Å². The lowest BCUT2D eigenvalue weighted by Crippen LogP contribution is -2.16. The van der Waals surface area contributed by atoms with Gasteiger partial charge in [-0.15, -0.1) is 0 Å². The molecule has 0 saturated carbocycles. The maximum Gasteiger partial charge on any atom is 0.510 e. The number of carbonyl (C=O) groups is 1. The predicted octanol–water partition coefficient (Wildman–Crippen LogP) is -0.530. The molecule has 0 radical (unpaired) electrons. The maximum atomic E-state index is 10.2. The van der Waals surface area contributed by atoms with Crippen molar-refractivity contribution in [3.63, 3.8) is 0 Å². The Labute approximate surface area is 58.2 Å². The molecule has 0 aliphatic heterocycles. The van der Waals surface area contributed by atoms with E-state index in [1.165, 1.54) is 6.92 Å². The minimum atomic E-state index is -0.983. The van der Waals surface area contributed by atoms with Gasteiger partial charge in [-0.1, -0.05) is 0 Å². The van der Waals surface area contributed by atoms with Gasteiger partial charge in [0.1, 0.15) is 6.61 Å². The van der Waals surface area contributed by atoms with Gasteiger partial charge in [0.05, 0.1) is 6.10 Å². The lowest BCUT2D eigenvalue weighted by Gasteiger charge is -2.04. The summed E-state index contributed by atoms with van der Waals surface area (Å²) in [5.74, 6) is 0. The van der Waals surface area contributed by atoms with Crippen molar-refractivity contribution in [2.24, 2.45) is 0 Å². The average molecular weight is 150 g/mol. The summed E-state index contributed by atoms with van der Waals surface area (Å²) in [6.45, 7) is 0.629. The van der Waals surface area contributed by atoms with E-state index in [0.29, 0.717) is 0 Å². The molecule has 1 atom stereocenters. The third kappa shape index (κ3) is 5.33. The standard InChI is InChI=1S/C5H10O5/c1-4(7)2-9-5(8)10-3-6/h4,6-7H,2-3H2,1H3. The quantitative estimate of drug-likeness (QED) is 0.417. The van der Waals surface area contributed by atoms with Crippen LogP contribution in [0.3, 0.4) is 0 Å². The van der Waals surface area contributed by atoms with Crippen LogP contribution in [-0.4, -0.2) is 35.9 Å². The molecule has 0 aliphatic carbocycles. The molecule has 0 fully saturated rings. The minimum Gasteiger partial charge on any atom is -0.431 e. The molecule has 60 valence electrons. The monoisotopic (exact) mass is 150 g/mol. The molecule has 2 N–H and O–H groups in total. The molecular weight excluding hydrogens is 140 g/mol. The average Bonchev–Trinajstić information content (AvgIpc) is 1.85. The van der Waals surface area contributed by atoms with Crippen molar-refractivity contribution in [2.75, 3.05) is 13.4 Å². The molecule has 0 rings (SSSR count). The molecule has 5 nitrogen and oxygen atoms in total. The van der Waals surface area contributed by atoms with Crippen LogP contribution in [0.15, 0.2) is 0 Å². The van der Waals surface area contributed by atoms with Crippen LogP contribution in [0.1, 0.15) is 6.92 Å². The van der Waals surface area contributed by atoms with E-state index in [1.54, 1.807) is 0 Å². The minimum absolute atomic E-state index is 0.126. The highest BCUT2D eigenvalue weighted by atomic mass is 16.8. The van der Waals surface area contributed by atoms with Crippen molar-refractivity contribution in [3.05, 3.63) is 0 Å². The first-order valence-corrected chi connectivity index (χ1v) is 2.75. The van der Waals surface area contributed by atoms with Gasteiger partial charge in [-0.05, 0) is 6.92 Å². The number of rotatable bonds is 3. The first-order valence-electron chi connectivity index (χ1n) is 2.75. The zero-order valence-corrected chi connectivity index (χ0v) is 5.61. The normalized spacial score (nSPS) is 12.3. The molecule has 0 aromatic carbocycles. The van der Waals surface area contributed by atoms with Crippen molar-refractivity contribution < 1.29 is 24.5 Å². The fraction of sp³-hybridized carbons (Fsp3) is 0.800. The molecular formula is C5H10O5. The maximum absolute atomic E-state index is 10.2. The van der Waals surface area contributed by atoms with Crippen molar-refractivity contribution in [2.45, 2.75) is 13.0 Å². The van der Waals surface area contributed by atoms with Gasteiger partial charge in [0.2, 0.25) is 0 Å². The molecule has 0 aliphatic rings. The number of hydrogen-bond donors (Lipinski definition) is 2. The zero-order valence-electron chi connectivity index (χ0n) is 5.61. The van der Waals surface area contributed by atoms with Gasteiger partial charge < -0.3 is 19.7 Å². The van der Waals surface area contributed by atoms with Gasteiger partial charge in [0.25, 0.3) is 0 Å². The van der Waals surface area contributed by atoms with E-state index in [-0.39, 0.29) is 6.61 Å². The molecule has 0 spiro atoms. The van der Waals surface area contributed by atoms with Crippen LogP contribution < -0.4 is 0 Å². The van der Waals surface area contributed by atoms with E-state index < -0.39 is 19.1 Å². The first-order chi connectivity index (χ1) is 4.66. The fourth-order valence-electron chi connectivity index (χ4n) is 0.283.